The SMILES string of the molecule is CCN([C]=O)C(C)C. The number of rotatable bonds is 3. The Balaban J connectivity index is 3.51. The van der Waals surface area contributed by atoms with Gasteiger partial charge in [-0.05, 0) is 20.8 Å². The van der Waals surface area contributed by atoms with Gasteiger partial charge >= 0.3 is 6.41 Å². The summed E-state index contributed by atoms with van der Waals surface area (Å²) in [4.78, 5) is 11.6. The summed E-state index contributed by atoms with van der Waals surface area (Å²) in [5.41, 5.74) is 0. The van der Waals surface area contributed by atoms with Gasteiger partial charge < -0.3 is 4.90 Å². The quantitative estimate of drug-likeness (QED) is 0.496. The standard InChI is InChI=1S/C6H12NO/c1-4-7(5-8)6(2)3/h6H,4H2,1-3H3. The minimum Gasteiger partial charge on any atom is -0.332 e. The van der Waals surface area contributed by atoms with E-state index in [1.54, 1.807) is 4.90 Å². The van der Waals surface area contributed by atoms with Crippen molar-refractivity contribution < 1.29 is 4.79 Å². The van der Waals surface area contributed by atoms with Gasteiger partial charge in [-0.3, -0.25) is 4.79 Å². The van der Waals surface area contributed by atoms with E-state index < -0.39 is 0 Å². The van der Waals surface area contributed by atoms with Gasteiger partial charge in [-0.2, -0.15) is 0 Å². The molecule has 0 unspecified atom stereocenters. The molecule has 0 atom stereocenters. The van der Waals surface area contributed by atoms with Crippen molar-refractivity contribution in [3.63, 3.8) is 0 Å². The molecule has 1 amide bonds. The van der Waals surface area contributed by atoms with Crippen LogP contribution in [0.2, 0.25) is 0 Å². The molecule has 47 valence electrons. The summed E-state index contributed by atoms with van der Waals surface area (Å²) >= 11 is 0. The van der Waals surface area contributed by atoms with E-state index in [-0.39, 0.29) is 6.04 Å². The van der Waals surface area contributed by atoms with E-state index in [1.807, 2.05) is 27.2 Å². The molecule has 0 heterocycles. The van der Waals surface area contributed by atoms with Crippen LogP contribution >= 0.6 is 0 Å². The molecule has 0 saturated carbocycles. The maximum atomic E-state index is 9.98. The number of amides is 1. The maximum Gasteiger partial charge on any atom is 0.312 e. The molecule has 0 aliphatic heterocycles. The van der Waals surface area contributed by atoms with Crippen LogP contribution in [-0.2, 0) is 4.79 Å². The first-order valence-corrected chi connectivity index (χ1v) is 2.86. The Morgan fingerprint density at radius 2 is 2.12 bits per heavy atom. The Hall–Kier alpha value is -0.530. The Labute approximate surface area is 50.5 Å². The van der Waals surface area contributed by atoms with Gasteiger partial charge in [-0.15, -0.1) is 0 Å². The van der Waals surface area contributed by atoms with Crippen LogP contribution in [0.25, 0.3) is 0 Å². The van der Waals surface area contributed by atoms with Gasteiger partial charge in [0.25, 0.3) is 0 Å². The van der Waals surface area contributed by atoms with Gasteiger partial charge in [0.2, 0.25) is 0 Å². The smallest absolute Gasteiger partial charge is 0.312 e. The van der Waals surface area contributed by atoms with Crippen molar-refractivity contribution >= 4 is 6.41 Å². The van der Waals surface area contributed by atoms with E-state index in [0.29, 0.717) is 0 Å². The minimum atomic E-state index is 0.289. The van der Waals surface area contributed by atoms with E-state index in [4.69, 9.17) is 0 Å². The fraction of sp³-hybridized carbons (Fsp3) is 0.833. The lowest BCUT2D eigenvalue weighted by Crippen LogP contribution is -2.28. The highest BCUT2D eigenvalue weighted by atomic mass is 16.1. The van der Waals surface area contributed by atoms with Crippen molar-refractivity contribution in [2.45, 2.75) is 26.8 Å². The molecular formula is C6H12NO. The van der Waals surface area contributed by atoms with E-state index in [0.717, 1.165) is 6.54 Å². The molecule has 0 aliphatic carbocycles. The average Bonchev–Trinajstić information content (AvgIpc) is 1.69. The van der Waals surface area contributed by atoms with Crippen LogP contribution in [0.3, 0.4) is 0 Å². The van der Waals surface area contributed by atoms with Gasteiger partial charge in [0.15, 0.2) is 0 Å². The second-order valence-electron chi connectivity index (χ2n) is 1.97. The zero-order valence-corrected chi connectivity index (χ0v) is 5.64. The molecule has 0 fully saturated rings. The Bertz CT molecular complexity index is 70.9. The third kappa shape index (κ3) is 1.96. The first kappa shape index (κ1) is 7.47. The first-order valence-electron chi connectivity index (χ1n) is 2.86. The lowest BCUT2D eigenvalue weighted by molar-refractivity contribution is 0.339. The summed E-state index contributed by atoms with van der Waals surface area (Å²) in [5.74, 6) is 0. The molecule has 0 N–H and O–H groups in total. The van der Waals surface area contributed by atoms with Gasteiger partial charge in [-0.1, -0.05) is 0 Å². The highest BCUT2D eigenvalue weighted by Gasteiger charge is 2.01. The van der Waals surface area contributed by atoms with Crippen LogP contribution in [0.5, 0.6) is 0 Å². The molecule has 0 aromatic rings. The molecule has 0 aromatic carbocycles. The van der Waals surface area contributed by atoms with Gasteiger partial charge in [0.1, 0.15) is 0 Å². The van der Waals surface area contributed by atoms with E-state index >= 15 is 0 Å². The van der Waals surface area contributed by atoms with Gasteiger partial charge in [-0.25, -0.2) is 0 Å². The average molecular weight is 114 g/mol. The molecular weight excluding hydrogens is 102 g/mol. The first-order chi connectivity index (χ1) is 3.72. The van der Waals surface area contributed by atoms with Crippen LogP contribution in [0, 0.1) is 0 Å². The number of hydrogen-bond acceptors (Lipinski definition) is 1. The second kappa shape index (κ2) is 3.47. The molecule has 1 radical (unpaired) electrons. The predicted molar refractivity (Wildman–Crippen MR) is 33.2 cm³/mol. The molecule has 0 rings (SSSR count). The van der Waals surface area contributed by atoms with Crippen LogP contribution in [0.1, 0.15) is 20.8 Å². The summed E-state index contributed by atoms with van der Waals surface area (Å²) in [5, 5.41) is 0. The third-order valence-electron chi connectivity index (χ3n) is 1.08. The summed E-state index contributed by atoms with van der Waals surface area (Å²) in [6, 6.07) is 0.289. The Morgan fingerprint density at radius 3 is 2.12 bits per heavy atom. The van der Waals surface area contributed by atoms with Crippen molar-refractivity contribution in [1.29, 1.82) is 0 Å². The van der Waals surface area contributed by atoms with E-state index in [1.165, 1.54) is 0 Å². The molecule has 8 heavy (non-hydrogen) atoms. The van der Waals surface area contributed by atoms with Gasteiger partial charge in [0.05, 0.1) is 0 Å². The molecule has 0 saturated heterocycles. The fourth-order valence-corrected chi connectivity index (χ4v) is 0.535. The zero-order valence-electron chi connectivity index (χ0n) is 5.64. The van der Waals surface area contributed by atoms with E-state index in [9.17, 15) is 4.79 Å². The van der Waals surface area contributed by atoms with Crippen molar-refractivity contribution in [3.05, 3.63) is 0 Å². The number of nitrogens with zero attached hydrogens (tertiary/aromatic N) is 1. The summed E-state index contributed by atoms with van der Waals surface area (Å²) < 4.78 is 0. The lowest BCUT2D eigenvalue weighted by atomic mass is 10.3. The molecule has 0 aromatic heterocycles. The Morgan fingerprint density at radius 1 is 1.62 bits per heavy atom. The molecule has 2 nitrogen and oxygen atoms in total. The lowest BCUT2D eigenvalue weighted by Gasteiger charge is -2.17. The molecule has 0 bridgehead atoms. The minimum absolute atomic E-state index is 0.289. The predicted octanol–water partition coefficient (Wildman–Crippen LogP) is 0.784. The van der Waals surface area contributed by atoms with Crippen LogP contribution < -0.4 is 0 Å². The third-order valence-corrected chi connectivity index (χ3v) is 1.08. The maximum absolute atomic E-state index is 9.98. The highest BCUT2D eigenvalue weighted by molar-refractivity contribution is 5.48. The summed E-state index contributed by atoms with van der Waals surface area (Å²) in [6.45, 7) is 6.62. The van der Waals surface area contributed by atoms with Crippen LogP contribution in [0.4, 0.5) is 0 Å². The van der Waals surface area contributed by atoms with Crippen molar-refractivity contribution in [1.82, 2.24) is 4.90 Å². The highest BCUT2D eigenvalue weighted by Crippen LogP contribution is 1.90. The Kier molecular flexibility index (Phi) is 3.24. The fourth-order valence-electron chi connectivity index (χ4n) is 0.535. The monoisotopic (exact) mass is 114 g/mol. The summed E-state index contributed by atoms with van der Waals surface area (Å²) in [7, 11) is 0. The largest absolute Gasteiger partial charge is 0.332 e. The van der Waals surface area contributed by atoms with Crippen molar-refractivity contribution in [2.24, 2.45) is 0 Å². The van der Waals surface area contributed by atoms with Crippen molar-refractivity contribution in [3.8, 4) is 0 Å². The number of hydrogen-bond donors (Lipinski definition) is 0. The number of carbonyl (C=O) groups excluding carboxylic acids is 1. The normalized spacial score (nSPS) is 9.50. The second-order valence-corrected chi connectivity index (χ2v) is 1.97. The van der Waals surface area contributed by atoms with Crippen LogP contribution in [-0.4, -0.2) is 23.9 Å². The van der Waals surface area contributed by atoms with Gasteiger partial charge in [0, 0.05) is 12.6 Å². The topological polar surface area (TPSA) is 20.3 Å². The zero-order chi connectivity index (χ0) is 6.57. The molecule has 0 aliphatic rings. The van der Waals surface area contributed by atoms with E-state index in [2.05, 4.69) is 0 Å². The molecule has 0 spiro atoms. The molecule has 2 heteroatoms. The van der Waals surface area contributed by atoms with Crippen LogP contribution in [0.15, 0.2) is 0 Å². The summed E-state index contributed by atoms with van der Waals surface area (Å²) in [6.07, 6.45) is 1.83. The van der Waals surface area contributed by atoms with Crippen molar-refractivity contribution in [2.75, 3.05) is 6.54 Å².